The Morgan fingerprint density at radius 2 is 2.15 bits per heavy atom. The predicted octanol–water partition coefficient (Wildman–Crippen LogP) is 1.33. The maximum Gasteiger partial charge on any atom is 0.228 e. The van der Waals surface area contributed by atoms with Gasteiger partial charge in [-0.15, -0.1) is 0 Å². The summed E-state index contributed by atoms with van der Waals surface area (Å²) in [5.41, 5.74) is 1.73. The Morgan fingerprint density at radius 3 is 2.75 bits per heavy atom. The first-order valence-electron chi connectivity index (χ1n) is 6.73. The monoisotopic (exact) mass is 271 g/mol. The van der Waals surface area contributed by atoms with Crippen LogP contribution in [0.5, 0.6) is 0 Å². The molecule has 3 N–H and O–H groups in total. The second kappa shape index (κ2) is 5.42. The van der Waals surface area contributed by atoms with Crippen molar-refractivity contribution in [2.45, 2.75) is 13.3 Å². The number of benzene rings is 1. The van der Waals surface area contributed by atoms with E-state index >= 15 is 0 Å². The summed E-state index contributed by atoms with van der Waals surface area (Å²) in [6.07, 6.45) is 0.903. The first-order valence-corrected chi connectivity index (χ1v) is 6.73. The molecule has 1 atom stereocenters. The second-order valence-corrected chi connectivity index (χ2v) is 5.00. The fraction of sp³-hybridized carbons (Fsp3) is 0.357. The topological polar surface area (TPSA) is 82.7 Å². The molecule has 3 rings (SSSR count). The zero-order chi connectivity index (χ0) is 13.9. The van der Waals surface area contributed by atoms with Crippen LogP contribution in [-0.4, -0.2) is 34.2 Å². The van der Waals surface area contributed by atoms with Crippen LogP contribution >= 0.6 is 0 Å². The van der Waals surface area contributed by atoms with Gasteiger partial charge >= 0.3 is 0 Å². The number of carbonyl (C=O) groups is 1. The lowest BCUT2D eigenvalue weighted by atomic mass is 10.1. The van der Waals surface area contributed by atoms with Gasteiger partial charge in [0.25, 0.3) is 0 Å². The van der Waals surface area contributed by atoms with Crippen LogP contribution in [0.15, 0.2) is 24.3 Å². The van der Waals surface area contributed by atoms with Crippen molar-refractivity contribution in [3.05, 3.63) is 30.1 Å². The Labute approximate surface area is 117 Å². The Balaban J connectivity index is 1.68. The quantitative estimate of drug-likeness (QED) is 0.786. The molecule has 1 unspecified atom stereocenters. The van der Waals surface area contributed by atoms with Crippen molar-refractivity contribution in [2.24, 2.45) is 5.92 Å². The van der Waals surface area contributed by atoms with Crippen LogP contribution < -0.4 is 10.6 Å². The molecule has 0 bridgehead atoms. The van der Waals surface area contributed by atoms with E-state index in [2.05, 4.69) is 25.8 Å². The van der Waals surface area contributed by atoms with Crippen molar-refractivity contribution in [2.75, 3.05) is 18.4 Å². The number of anilines is 1. The van der Waals surface area contributed by atoms with Gasteiger partial charge in [-0.2, -0.15) is 5.10 Å². The Hall–Kier alpha value is -2.21. The number of H-pyrrole nitrogens is 1. The van der Waals surface area contributed by atoms with Crippen molar-refractivity contribution >= 4 is 11.6 Å². The molecule has 1 aromatic heterocycles. The fourth-order valence-corrected chi connectivity index (χ4v) is 2.30. The van der Waals surface area contributed by atoms with Gasteiger partial charge in [0.1, 0.15) is 5.82 Å². The molecule has 1 aliphatic rings. The average molecular weight is 271 g/mol. The molecular weight excluding hydrogens is 254 g/mol. The van der Waals surface area contributed by atoms with Gasteiger partial charge < -0.3 is 10.6 Å². The average Bonchev–Trinajstić information content (AvgIpc) is 3.10. The van der Waals surface area contributed by atoms with Crippen LogP contribution in [0.25, 0.3) is 11.4 Å². The van der Waals surface area contributed by atoms with E-state index < -0.39 is 0 Å². The van der Waals surface area contributed by atoms with Gasteiger partial charge in [0.15, 0.2) is 5.82 Å². The first kappa shape index (κ1) is 12.8. The number of hydrogen-bond donors (Lipinski definition) is 3. The largest absolute Gasteiger partial charge is 0.326 e. The van der Waals surface area contributed by atoms with Crippen LogP contribution in [-0.2, 0) is 4.79 Å². The van der Waals surface area contributed by atoms with Crippen molar-refractivity contribution in [1.29, 1.82) is 0 Å². The van der Waals surface area contributed by atoms with Gasteiger partial charge in [0, 0.05) is 17.8 Å². The minimum absolute atomic E-state index is 0.0744. The van der Waals surface area contributed by atoms with Crippen molar-refractivity contribution in [3.8, 4) is 11.4 Å². The number of aryl methyl sites for hydroxylation is 1. The zero-order valence-corrected chi connectivity index (χ0v) is 11.3. The van der Waals surface area contributed by atoms with Crippen LogP contribution in [0.3, 0.4) is 0 Å². The fourth-order valence-electron chi connectivity index (χ4n) is 2.30. The highest BCUT2D eigenvalue weighted by Crippen LogP contribution is 2.19. The standard InChI is InChI=1S/C14H17N5O/c1-9-16-13(19-18-9)10-2-4-12(5-3-10)17-14(20)11-6-7-15-8-11/h2-5,11,15H,6-8H2,1H3,(H,17,20)(H,16,18,19). The van der Waals surface area contributed by atoms with Crippen LogP contribution in [0.1, 0.15) is 12.2 Å². The smallest absolute Gasteiger partial charge is 0.228 e. The molecule has 104 valence electrons. The number of nitrogens with one attached hydrogen (secondary N) is 3. The Morgan fingerprint density at radius 1 is 1.35 bits per heavy atom. The second-order valence-electron chi connectivity index (χ2n) is 5.00. The number of rotatable bonds is 3. The lowest BCUT2D eigenvalue weighted by molar-refractivity contribution is -0.119. The van der Waals surface area contributed by atoms with E-state index in [9.17, 15) is 4.79 Å². The molecule has 20 heavy (non-hydrogen) atoms. The number of amides is 1. The summed E-state index contributed by atoms with van der Waals surface area (Å²) >= 11 is 0. The lowest BCUT2D eigenvalue weighted by Gasteiger charge is -2.09. The summed E-state index contributed by atoms with van der Waals surface area (Å²) in [5, 5.41) is 13.1. The highest BCUT2D eigenvalue weighted by Gasteiger charge is 2.22. The summed E-state index contributed by atoms with van der Waals surface area (Å²) < 4.78 is 0. The highest BCUT2D eigenvalue weighted by atomic mass is 16.1. The number of hydrogen-bond acceptors (Lipinski definition) is 4. The molecule has 1 aromatic carbocycles. The van der Waals surface area contributed by atoms with Gasteiger partial charge in [-0.1, -0.05) is 0 Å². The minimum Gasteiger partial charge on any atom is -0.326 e. The summed E-state index contributed by atoms with van der Waals surface area (Å²) in [7, 11) is 0. The maximum absolute atomic E-state index is 12.0. The third-order valence-electron chi connectivity index (χ3n) is 3.44. The number of carbonyl (C=O) groups excluding carboxylic acids is 1. The Bertz CT molecular complexity index is 598. The number of aromatic nitrogens is 3. The molecule has 1 amide bonds. The molecule has 0 aliphatic carbocycles. The van der Waals surface area contributed by atoms with Crippen molar-refractivity contribution < 1.29 is 4.79 Å². The number of nitrogens with zero attached hydrogens (tertiary/aromatic N) is 2. The van der Waals surface area contributed by atoms with Crippen molar-refractivity contribution in [3.63, 3.8) is 0 Å². The predicted molar refractivity (Wildman–Crippen MR) is 76.2 cm³/mol. The summed E-state index contributed by atoms with van der Waals surface area (Å²) in [4.78, 5) is 16.3. The van der Waals surface area contributed by atoms with E-state index in [0.717, 1.165) is 36.6 Å². The van der Waals surface area contributed by atoms with Crippen molar-refractivity contribution in [1.82, 2.24) is 20.5 Å². The Kier molecular flexibility index (Phi) is 3.47. The zero-order valence-electron chi connectivity index (χ0n) is 11.3. The lowest BCUT2D eigenvalue weighted by Crippen LogP contribution is -2.24. The maximum atomic E-state index is 12.0. The third kappa shape index (κ3) is 2.70. The molecule has 0 saturated carbocycles. The molecule has 1 aliphatic heterocycles. The summed E-state index contributed by atoms with van der Waals surface area (Å²) in [5.74, 6) is 1.60. The van der Waals surface area contributed by atoms with E-state index in [-0.39, 0.29) is 11.8 Å². The summed E-state index contributed by atoms with van der Waals surface area (Å²) in [6.45, 7) is 3.54. The van der Waals surface area contributed by atoms with Crippen LogP contribution in [0, 0.1) is 12.8 Å². The number of aromatic amines is 1. The molecule has 6 heteroatoms. The van der Waals surface area contributed by atoms with E-state index in [1.165, 1.54) is 0 Å². The SMILES string of the molecule is Cc1nc(-c2ccc(NC(=O)C3CCNC3)cc2)n[nH]1. The molecule has 6 nitrogen and oxygen atoms in total. The highest BCUT2D eigenvalue weighted by molar-refractivity contribution is 5.93. The molecule has 0 spiro atoms. The van der Waals surface area contributed by atoms with E-state index in [1.807, 2.05) is 31.2 Å². The normalized spacial score (nSPS) is 18.1. The van der Waals surface area contributed by atoms with Gasteiger partial charge in [-0.3, -0.25) is 9.89 Å². The third-order valence-corrected chi connectivity index (χ3v) is 3.44. The van der Waals surface area contributed by atoms with E-state index in [1.54, 1.807) is 0 Å². The molecular formula is C14H17N5O. The van der Waals surface area contributed by atoms with Gasteiger partial charge in [-0.25, -0.2) is 4.98 Å². The summed E-state index contributed by atoms with van der Waals surface area (Å²) in [6, 6.07) is 7.57. The van der Waals surface area contributed by atoms with Gasteiger partial charge in [0.2, 0.25) is 5.91 Å². The van der Waals surface area contributed by atoms with Crippen LogP contribution in [0.2, 0.25) is 0 Å². The molecule has 2 aromatic rings. The molecule has 2 heterocycles. The molecule has 1 saturated heterocycles. The first-order chi connectivity index (χ1) is 9.72. The van der Waals surface area contributed by atoms with Gasteiger partial charge in [-0.05, 0) is 44.2 Å². The molecule has 1 fully saturated rings. The van der Waals surface area contributed by atoms with E-state index in [0.29, 0.717) is 5.82 Å². The molecule has 0 radical (unpaired) electrons. The van der Waals surface area contributed by atoms with Gasteiger partial charge in [0.05, 0.1) is 5.92 Å². The minimum atomic E-state index is 0.0744. The van der Waals surface area contributed by atoms with E-state index in [4.69, 9.17) is 0 Å². The van der Waals surface area contributed by atoms with Crippen LogP contribution in [0.4, 0.5) is 5.69 Å².